The van der Waals surface area contributed by atoms with Crippen molar-refractivity contribution in [1.29, 1.82) is 0 Å². The average molecular weight is 309 g/mol. The van der Waals surface area contributed by atoms with Crippen molar-refractivity contribution in [3.05, 3.63) is 46.1 Å². The van der Waals surface area contributed by atoms with Crippen LogP contribution in [0.25, 0.3) is 0 Å². The SMILES string of the molecule is Cc1nn(C)c(NC(C)c2cccc(Cl)c2)c1C(N)=S. The summed E-state index contributed by atoms with van der Waals surface area (Å²) in [7, 11) is 1.86. The monoisotopic (exact) mass is 308 g/mol. The fraction of sp³-hybridized carbons (Fsp3) is 0.286. The number of nitrogens with one attached hydrogen (secondary N) is 1. The molecule has 2 rings (SSSR count). The molecule has 20 heavy (non-hydrogen) atoms. The summed E-state index contributed by atoms with van der Waals surface area (Å²) in [4.78, 5) is 0.344. The molecule has 0 saturated heterocycles. The molecule has 2 aromatic rings. The summed E-state index contributed by atoms with van der Waals surface area (Å²) in [5.74, 6) is 0.822. The highest BCUT2D eigenvalue weighted by atomic mass is 35.5. The van der Waals surface area contributed by atoms with E-state index in [1.165, 1.54) is 0 Å². The second-order valence-corrected chi connectivity index (χ2v) is 5.59. The van der Waals surface area contributed by atoms with Crippen molar-refractivity contribution >= 4 is 34.6 Å². The summed E-state index contributed by atoms with van der Waals surface area (Å²) in [5, 5.41) is 8.47. The molecular weight excluding hydrogens is 292 g/mol. The minimum absolute atomic E-state index is 0.0663. The quantitative estimate of drug-likeness (QED) is 0.852. The standard InChI is InChI=1S/C14H17ClN4S/c1-8(10-5-4-6-11(15)7-10)17-14-12(13(16)20)9(2)18-19(14)3/h4-8,17H,1-3H3,(H2,16,20). The van der Waals surface area contributed by atoms with Crippen LogP contribution < -0.4 is 11.1 Å². The Morgan fingerprint density at radius 2 is 2.20 bits per heavy atom. The van der Waals surface area contributed by atoms with E-state index in [4.69, 9.17) is 29.6 Å². The normalized spacial score (nSPS) is 12.2. The maximum atomic E-state index is 6.02. The molecule has 0 spiro atoms. The molecule has 4 nitrogen and oxygen atoms in total. The first kappa shape index (κ1) is 14.8. The van der Waals surface area contributed by atoms with Crippen LogP contribution in [0.15, 0.2) is 24.3 Å². The second-order valence-electron chi connectivity index (χ2n) is 4.72. The number of nitrogens with two attached hydrogens (primary N) is 1. The van der Waals surface area contributed by atoms with Gasteiger partial charge in [0.15, 0.2) is 0 Å². The predicted octanol–water partition coefficient (Wildman–Crippen LogP) is 3.19. The number of nitrogens with zero attached hydrogens (tertiary/aromatic N) is 2. The highest BCUT2D eigenvalue weighted by Crippen LogP contribution is 2.25. The number of hydrogen-bond acceptors (Lipinski definition) is 3. The van der Waals surface area contributed by atoms with Crippen molar-refractivity contribution in [1.82, 2.24) is 9.78 Å². The van der Waals surface area contributed by atoms with E-state index in [1.807, 2.05) is 38.2 Å². The molecule has 1 atom stereocenters. The van der Waals surface area contributed by atoms with Gasteiger partial charge >= 0.3 is 0 Å². The van der Waals surface area contributed by atoms with Crippen molar-refractivity contribution in [3.63, 3.8) is 0 Å². The van der Waals surface area contributed by atoms with Crippen molar-refractivity contribution in [3.8, 4) is 0 Å². The second kappa shape index (κ2) is 5.81. The number of halogens is 1. The van der Waals surface area contributed by atoms with Crippen molar-refractivity contribution in [2.75, 3.05) is 5.32 Å². The van der Waals surface area contributed by atoms with E-state index >= 15 is 0 Å². The first-order valence-electron chi connectivity index (χ1n) is 6.25. The number of rotatable bonds is 4. The summed E-state index contributed by atoms with van der Waals surface area (Å²) in [6.07, 6.45) is 0. The Morgan fingerprint density at radius 3 is 2.80 bits per heavy atom. The Kier molecular flexibility index (Phi) is 4.30. The van der Waals surface area contributed by atoms with Gasteiger partial charge in [-0.05, 0) is 31.5 Å². The van der Waals surface area contributed by atoms with Gasteiger partial charge in [-0.15, -0.1) is 0 Å². The third-order valence-corrected chi connectivity index (χ3v) is 3.61. The van der Waals surface area contributed by atoms with E-state index < -0.39 is 0 Å². The lowest BCUT2D eigenvalue weighted by Crippen LogP contribution is -2.16. The minimum Gasteiger partial charge on any atom is -0.389 e. The van der Waals surface area contributed by atoms with Crippen LogP contribution in [-0.2, 0) is 7.05 Å². The lowest BCUT2D eigenvalue weighted by atomic mass is 10.1. The molecule has 1 unspecified atom stereocenters. The molecule has 0 fully saturated rings. The summed E-state index contributed by atoms with van der Waals surface area (Å²) in [6.45, 7) is 3.95. The van der Waals surface area contributed by atoms with Gasteiger partial charge in [-0.2, -0.15) is 5.10 Å². The van der Waals surface area contributed by atoms with Crippen LogP contribution in [-0.4, -0.2) is 14.8 Å². The molecule has 106 valence electrons. The Labute approximate surface area is 128 Å². The molecule has 1 aromatic carbocycles. The van der Waals surface area contributed by atoms with E-state index in [0.717, 1.165) is 22.6 Å². The number of aryl methyl sites for hydroxylation is 2. The van der Waals surface area contributed by atoms with E-state index in [1.54, 1.807) is 4.68 Å². The van der Waals surface area contributed by atoms with Gasteiger partial charge in [-0.3, -0.25) is 4.68 Å². The van der Waals surface area contributed by atoms with Gasteiger partial charge in [-0.25, -0.2) is 0 Å². The van der Waals surface area contributed by atoms with Crippen LogP contribution in [0, 0.1) is 6.92 Å². The first-order valence-corrected chi connectivity index (χ1v) is 7.04. The van der Waals surface area contributed by atoms with Gasteiger partial charge in [0, 0.05) is 12.1 Å². The zero-order valence-electron chi connectivity index (χ0n) is 11.6. The zero-order chi connectivity index (χ0) is 14.9. The Balaban J connectivity index is 2.33. The molecule has 0 aliphatic carbocycles. The molecule has 0 radical (unpaired) electrons. The van der Waals surface area contributed by atoms with E-state index in [0.29, 0.717) is 10.0 Å². The van der Waals surface area contributed by atoms with Crippen molar-refractivity contribution < 1.29 is 0 Å². The van der Waals surface area contributed by atoms with Gasteiger partial charge in [0.2, 0.25) is 0 Å². The summed E-state index contributed by atoms with van der Waals surface area (Å²) >= 11 is 11.1. The molecule has 1 heterocycles. The molecule has 0 saturated carbocycles. The van der Waals surface area contributed by atoms with E-state index in [-0.39, 0.29) is 6.04 Å². The predicted molar refractivity (Wildman–Crippen MR) is 87.3 cm³/mol. The molecular formula is C14H17ClN4S. The van der Waals surface area contributed by atoms with Crippen LogP contribution in [0.2, 0.25) is 5.02 Å². The van der Waals surface area contributed by atoms with Gasteiger partial charge in [0.25, 0.3) is 0 Å². The number of benzene rings is 1. The van der Waals surface area contributed by atoms with Crippen LogP contribution in [0.1, 0.15) is 29.8 Å². The molecule has 6 heteroatoms. The fourth-order valence-electron chi connectivity index (χ4n) is 2.18. The topological polar surface area (TPSA) is 55.9 Å². The number of thiocarbonyl (C=S) groups is 1. The van der Waals surface area contributed by atoms with Crippen LogP contribution in [0.3, 0.4) is 0 Å². The summed E-state index contributed by atoms with van der Waals surface area (Å²) in [6, 6.07) is 7.80. The highest BCUT2D eigenvalue weighted by Gasteiger charge is 2.17. The Bertz CT molecular complexity index is 651. The van der Waals surface area contributed by atoms with Crippen LogP contribution in [0.5, 0.6) is 0 Å². The van der Waals surface area contributed by atoms with Crippen molar-refractivity contribution in [2.45, 2.75) is 19.9 Å². The number of anilines is 1. The summed E-state index contributed by atoms with van der Waals surface area (Å²) in [5.41, 5.74) is 8.48. The average Bonchev–Trinajstić information content (AvgIpc) is 2.64. The maximum absolute atomic E-state index is 6.02. The number of aromatic nitrogens is 2. The molecule has 0 amide bonds. The van der Waals surface area contributed by atoms with Crippen molar-refractivity contribution in [2.24, 2.45) is 12.8 Å². The van der Waals surface area contributed by atoms with E-state index in [2.05, 4.69) is 17.3 Å². The molecule has 0 aliphatic heterocycles. The van der Waals surface area contributed by atoms with Gasteiger partial charge in [0.05, 0.1) is 17.3 Å². The third-order valence-electron chi connectivity index (χ3n) is 3.17. The molecule has 1 aromatic heterocycles. The summed E-state index contributed by atoms with van der Waals surface area (Å²) < 4.78 is 1.75. The van der Waals surface area contributed by atoms with Crippen LogP contribution >= 0.6 is 23.8 Å². The Hall–Kier alpha value is -1.59. The number of hydrogen-bond donors (Lipinski definition) is 2. The zero-order valence-corrected chi connectivity index (χ0v) is 13.2. The molecule has 0 bridgehead atoms. The molecule has 3 N–H and O–H groups in total. The Morgan fingerprint density at radius 1 is 1.50 bits per heavy atom. The lowest BCUT2D eigenvalue weighted by Gasteiger charge is -2.17. The maximum Gasteiger partial charge on any atom is 0.135 e. The highest BCUT2D eigenvalue weighted by molar-refractivity contribution is 7.80. The van der Waals surface area contributed by atoms with Crippen LogP contribution in [0.4, 0.5) is 5.82 Å². The first-order chi connectivity index (χ1) is 9.40. The van der Waals surface area contributed by atoms with E-state index in [9.17, 15) is 0 Å². The largest absolute Gasteiger partial charge is 0.389 e. The van der Waals surface area contributed by atoms with Gasteiger partial charge < -0.3 is 11.1 Å². The molecule has 0 aliphatic rings. The van der Waals surface area contributed by atoms with Gasteiger partial charge in [0.1, 0.15) is 10.8 Å². The van der Waals surface area contributed by atoms with Gasteiger partial charge in [-0.1, -0.05) is 36.0 Å². The third kappa shape index (κ3) is 2.94. The fourth-order valence-corrected chi connectivity index (χ4v) is 2.63. The smallest absolute Gasteiger partial charge is 0.135 e. The minimum atomic E-state index is 0.0663. The lowest BCUT2D eigenvalue weighted by molar-refractivity contribution is 0.742.